The minimum Gasteiger partial charge on any atom is -0.447 e. The van der Waals surface area contributed by atoms with Crippen molar-refractivity contribution in [1.29, 1.82) is 0 Å². The number of anilines is 2. The normalized spacial score (nSPS) is 13.4. The zero-order chi connectivity index (χ0) is 21.9. The molecule has 1 saturated heterocycles. The lowest BCUT2D eigenvalue weighted by molar-refractivity contribution is 0.102. The van der Waals surface area contributed by atoms with Crippen molar-refractivity contribution in [2.45, 2.75) is 10.1 Å². The van der Waals surface area contributed by atoms with Crippen LogP contribution in [0.4, 0.5) is 16.2 Å². The monoisotopic (exact) mass is 461 g/mol. The van der Waals surface area contributed by atoms with E-state index in [-0.39, 0.29) is 5.91 Å². The number of rotatable bonds is 6. The Labute approximate surface area is 193 Å². The van der Waals surface area contributed by atoms with Gasteiger partial charge in [-0.05, 0) is 42.0 Å². The van der Waals surface area contributed by atoms with Crippen molar-refractivity contribution in [2.24, 2.45) is 0 Å². The summed E-state index contributed by atoms with van der Waals surface area (Å²) in [6, 6.07) is 22.9. The fraction of sp³-hybridized carbons (Fsp3) is 0.125. The predicted octanol–water partition coefficient (Wildman–Crippen LogP) is 5.80. The number of nitrogens with zero attached hydrogens (tertiary/aromatic N) is 2. The minimum absolute atomic E-state index is 0.226. The molecule has 0 unspecified atom stereocenters. The highest BCUT2D eigenvalue weighted by atomic mass is 32.2. The minimum atomic E-state index is -0.401. The Morgan fingerprint density at radius 1 is 1.06 bits per heavy atom. The summed E-state index contributed by atoms with van der Waals surface area (Å²) < 4.78 is 7.24. The van der Waals surface area contributed by atoms with E-state index in [1.54, 1.807) is 35.2 Å². The number of thiazole rings is 1. The molecule has 0 bridgehead atoms. The summed E-state index contributed by atoms with van der Waals surface area (Å²) in [5, 5.41) is 2.91. The lowest BCUT2D eigenvalue weighted by atomic mass is 10.1. The van der Waals surface area contributed by atoms with Gasteiger partial charge >= 0.3 is 6.09 Å². The largest absolute Gasteiger partial charge is 0.447 e. The fourth-order valence-electron chi connectivity index (χ4n) is 3.43. The first-order valence-corrected chi connectivity index (χ1v) is 11.9. The van der Waals surface area contributed by atoms with Crippen LogP contribution >= 0.6 is 23.1 Å². The summed E-state index contributed by atoms with van der Waals surface area (Å²) in [7, 11) is 0. The quantitative estimate of drug-likeness (QED) is 0.368. The van der Waals surface area contributed by atoms with Crippen LogP contribution in [-0.4, -0.2) is 30.1 Å². The van der Waals surface area contributed by atoms with E-state index in [1.165, 1.54) is 9.60 Å². The Hall–Kier alpha value is -3.36. The molecule has 4 aromatic rings. The molecule has 1 N–H and O–H groups in total. The van der Waals surface area contributed by atoms with E-state index < -0.39 is 6.09 Å². The lowest BCUT2D eigenvalue weighted by Crippen LogP contribution is -2.25. The summed E-state index contributed by atoms with van der Waals surface area (Å²) in [5.74, 6) is 0.553. The van der Waals surface area contributed by atoms with E-state index in [4.69, 9.17) is 4.74 Å². The number of cyclic esters (lactones) is 1. The second-order valence-corrected chi connectivity index (χ2v) is 9.42. The molecular weight excluding hydrogens is 442 g/mol. The number of amides is 2. The molecule has 0 aliphatic carbocycles. The molecular formula is C24H19N3O3S2. The summed E-state index contributed by atoms with van der Waals surface area (Å²) in [6.45, 7) is 0.810. The molecule has 2 amide bonds. The number of aromatic nitrogens is 1. The first kappa shape index (κ1) is 20.5. The van der Waals surface area contributed by atoms with Gasteiger partial charge in [-0.15, -0.1) is 11.3 Å². The number of hydrogen-bond donors (Lipinski definition) is 1. The third kappa shape index (κ3) is 4.32. The van der Waals surface area contributed by atoms with E-state index in [9.17, 15) is 9.59 Å². The second kappa shape index (κ2) is 9.02. The highest BCUT2D eigenvalue weighted by Gasteiger charge is 2.26. The summed E-state index contributed by atoms with van der Waals surface area (Å²) in [5.41, 5.74) is 3.90. The zero-order valence-electron chi connectivity index (χ0n) is 17.0. The van der Waals surface area contributed by atoms with Crippen LogP contribution in [0, 0.1) is 0 Å². The smallest absolute Gasteiger partial charge is 0.414 e. The molecule has 1 aliphatic heterocycles. The van der Waals surface area contributed by atoms with Crippen molar-refractivity contribution in [2.75, 3.05) is 23.4 Å². The molecule has 0 saturated carbocycles. The molecule has 2 heterocycles. The van der Waals surface area contributed by atoms with Crippen LogP contribution in [-0.2, 0) is 10.5 Å². The van der Waals surface area contributed by atoms with Crippen molar-refractivity contribution in [3.63, 3.8) is 0 Å². The Balaban J connectivity index is 1.24. The zero-order valence-corrected chi connectivity index (χ0v) is 18.6. The van der Waals surface area contributed by atoms with Gasteiger partial charge in [-0.1, -0.05) is 48.2 Å². The van der Waals surface area contributed by atoms with Gasteiger partial charge in [0.1, 0.15) is 6.61 Å². The molecule has 160 valence electrons. The molecule has 8 heteroatoms. The number of fused-ring (bicyclic) bond motifs is 1. The van der Waals surface area contributed by atoms with Gasteiger partial charge in [-0.2, -0.15) is 0 Å². The van der Waals surface area contributed by atoms with E-state index in [0.29, 0.717) is 30.1 Å². The molecule has 1 aromatic heterocycles. The number of thioether (sulfide) groups is 1. The second-order valence-electron chi connectivity index (χ2n) is 7.17. The van der Waals surface area contributed by atoms with Gasteiger partial charge in [0.15, 0.2) is 4.34 Å². The van der Waals surface area contributed by atoms with E-state index in [2.05, 4.69) is 16.4 Å². The summed E-state index contributed by atoms with van der Waals surface area (Å²) in [6.07, 6.45) is -0.401. The van der Waals surface area contributed by atoms with Crippen molar-refractivity contribution in [3.8, 4) is 0 Å². The average Bonchev–Trinajstić information content (AvgIpc) is 3.44. The van der Waals surface area contributed by atoms with Crippen LogP contribution in [0.5, 0.6) is 0 Å². The van der Waals surface area contributed by atoms with Crippen LogP contribution in [0.3, 0.4) is 0 Å². The van der Waals surface area contributed by atoms with Gasteiger partial charge in [0.2, 0.25) is 0 Å². The molecule has 32 heavy (non-hydrogen) atoms. The standard InChI is InChI=1S/C24H19N3O3S2/c28-22(25-18-5-1-3-7-20(18)27-13-14-30-24(27)29)17-11-9-16(10-12-17)15-31-23-26-19-6-2-4-8-21(19)32-23/h1-12H,13-15H2,(H,25,28). The van der Waals surface area contributed by atoms with Crippen LogP contribution in [0.25, 0.3) is 10.2 Å². The van der Waals surface area contributed by atoms with Gasteiger partial charge < -0.3 is 10.1 Å². The van der Waals surface area contributed by atoms with Gasteiger partial charge in [-0.3, -0.25) is 9.69 Å². The predicted molar refractivity (Wildman–Crippen MR) is 129 cm³/mol. The molecule has 0 radical (unpaired) electrons. The van der Waals surface area contributed by atoms with Crippen LogP contribution in [0.1, 0.15) is 15.9 Å². The summed E-state index contributed by atoms with van der Waals surface area (Å²) in [4.78, 5) is 30.9. The van der Waals surface area contributed by atoms with Crippen LogP contribution < -0.4 is 10.2 Å². The number of carbonyl (C=O) groups excluding carboxylic acids is 2. The highest BCUT2D eigenvalue weighted by Crippen LogP contribution is 2.32. The fourth-order valence-corrected chi connectivity index (χ4v) is 5.46. The molecule has 0 spiro atoms. The number of nitrogens with one attached hydrogen (secondary N) is 1. The van der Waals surface area contributed by atoms with Gasteiger partial charge in [0.25, 0.3) is 5.91 Å². The molecule has 0 atom stereocenters. The number of benzene rings is 3. The number of carbonyl (C=O) groups is 2. The Morgan fingerprint density at radius 3 is 2.62 bits per heavy atom. The van der Waals surface area contributed by atoms with Crippen molar-refractivity contribution >= 4 is 56.7 Å². The van der Waals surface area contributed by atoms with Crippen molar-refractivity contribution < 1.29 is 14.3 Å². The maximum atomic E-state index is 12.8. The maximum Gasteiger partial charge on any atom is 0.414 e. The van der Waals surface area contributed by atoms with E-state index >= 15 is 0 Å². The Kier molecular flexibility index (Phi) is 5.79. The molecule has 5 rings (SSSR count). The van der Waals surface area contributed by atoms with Gasteiger partial charge in [0, 0.05) is 11.3 Å². The van der Waals surface area contributed by atoms with E-state index in [1.807, 2.05) is 54.6 Å². The molecule has 1 aliphatic rings. The third-order valence-electron chi connectivity index (χ3n) is 5.06. The highest BCUT2D eigenvalue weighted by molar-refractivity contribution is 8.00. The topological polar surface area (TPSA) is 71.5 Å². The number of para-hydroxylation sites is 3. The Morgan fingerprint density at radius 2 is 1.84 bits per heavy atom. The molecule has 6 nitrogen and oxygen atoms in total. The first-order chi connectivity index (χ1) is 15.7. The maximum absolute atomic E-state index is 12.8. The van der Waals surface area contributed by atoms with Crippen molar-refractivity contribution in [1.82, 2.24) is 4.98 Å². The third-order valence-corrected chi connectivity index (χ3v) is 7.31. The van der Waals surface area contributed by atoms with Crippen LogP contribution in [0.15, 0.2) is 77.1 Å². The van der Waals surface area contributed by atoms with Crippen molar-refractivity contribution in [3.05, 3.63) is 83.9 Å². The van der Waals surface area contributed by atoms with Gasteiger partial charge in [-0.25, -0.2) is 9.78 Å². The molecule has 1 fully saturated rings. The molecule has 3 aromatic carbocycles. The van der Waals surface area contributed by atoms with Crippen LogP contribution in [0.2, 0.25) is 0 Å². The lowest BCUT2D eigenvalue weighted by Gasteiger charge is -2.17. The van der Waals surface area contributed by atoms with Gasteiger partial charge in [0.05, 0.1) is 28.1 Å². The number of hydrogen-bond acceptors (Lipinski definition) is 6. The average molecular weight is 462 g/mol. The SMILES string of the molecule is O=C(Nc1ccccc1N1CCOC1=O)c1ccc(CSc2nc3ccccc3s2)cc1. The van der Waals surface area contributed by atoms with E-state index in [0.717, 1.165) is 21.2 Å². The summed E-state index contributed by atoms with van der Waals surface area (Å²) >= 11 is 3.38. The Bertz CT molecular complexity index is 1250. The first-order valence-electron chi connectivity index (χ1n) is 10.1. The number of ether oxygens (including phenoxy) is 1.